The SMILES string of the molecule is COc1ccc2c(c1)c(/C=C1\Oc3cc(OC(=O)C4CCCCC4)cc(C)c3C1=O)cn2C. The lowest BCUT2D eigenvalue weighted by molar-refractivity contribution is -0.139. The van der Waals surface area contributed by atoms with Crippen molar-refractivity contribution in [2.45, 2.75) is 39.0 Å². The number of aryl methyl sites for hydroxylation is 2. The molecule has 1 aromatic heterocycles. The van der Waals surface area contributed by atoms with Gasteiger partial charge in [0.25, 0.3) is 0 Å². The van der Waals surface area contributed by atoms with Crippen LogP contribution < -0.4 is 14.2 Å². The van der Waals surface area contributed by atoms with Gasteiger partial charge in [-0.25, -0.2) is 0 Å². The number of allylic oxidation sites excluding steroid dienone is 1. The number of esters is 1. The molecule has 1 saturated carbocycles. The van der Waals surface area contributed by atoms with Crippen LogP contribution in [0.3, 0.4) is 0 Å². The van der Waals surface area contributed by atoms with Crippen LogP contribution in [0.2, 0.25) is 0 Å². The molecule has 2 heterocycles. The van der Waals surface area contributed by atoms with Crippen LogP contribution in [-0.2, 0) is 11.8 Å². The normalized spacial score (nSPS) is 17.3. The molecule has 33 heavy (non-hydrogen) atoms. The van der Waals surface area contributed by atoms with Crippen molar-refractivity contribution in [2.24, 2.45) is 13.0 Å². The summed E-state index contributed by atoms with van der Waals surface area (Å²) in [6.45, 7) is 1.84. The van der Waals surface area contributed by atoms with E-state index in [4.69, 9.17) is 14.2 Å². The Bertz CT molecular complexity index is 1290. The molecule has 0 atom stereocenters. The number of hydrogen-bond donors (Lipinski definition) is 0. The summed E-state index contributed by atoms with van der Waals surface area (Å²) in [7, 11) is 3.59. The monoisotopic (exact) mass is 445 g/mol. The first-order chi connectivity index (χ1) is 15.9. The summed E-state index contributed by atoms with van der Waals surface area (Å²) in [4.78, 5) is 25.7. The van der Waals surface area contributed by atoms with Crippen molar-refractivity contribution < 1.29 is 23.8 Å². The van der Waals surface area contributed by atoms with E-state index >= 15 is 0 Å². The van der Waals surface area contributed by atoms with E-state index in [1.165, 1.54) is 6.42 Å². The molecule has 0 bridgehead atoms. The van der Waals surface area contributed by atoms with Crippen molar-refractivity contribution in [2.75, 3.05) is 7.11 Å². The smallest absolute Gasteiger partial charge is 0.314 e. The maximum absolute atomic E-state index is 13.1. The predicted octanol–water partition coefficient (Wildman–Crippen LogP) is 5.60. The Morgan fingerprint density at radius 2 is 1.91 bits per heavy atom. The van der Waals surface area contributed by atoms with Crippen LogP contribution in [0.1, 0.15) is 53.6 Å². The van der Waals surface area contributed by atoms with Gasteiger partial charge >= 0.3 is 5.97 Å². The van der Waals surface area contributed by atoms with Crippen LogP contribution in [-0.4, -0.2) is 23.4 Å². The standard InChI is InChI=1S/C27H27NO5/c1-16-11-20(32-27(30)17-7-5-4-6-8-17)14-23-25(16)26(29)24(33-23)12-18-15-28(2)22-10-9-19(31-3)13-21(18)22/h9-15,17H,4-8H2,1-3H3/b24-12-. The van der Waals surface area contributed by atoms with Gasteiger partial charge in [0.15, 0.2) is 5.76 Å². The highest BCUT2D eigenvalue weighted by molar-refractivity contribution is 6.16. The second-order valence-corrected chi connectivity index (χ2v) is 8.89. The molecule has 0 unspecified atom stereocenters. The molecule has 2 aliphatic rings. The number of carbonyl (C=O) groups is 2. The van der Waals surface area contributed by atoms with Crippen molar-refractivity contribution >= 4 is 28.7 Å². The Morgan fingerprint density at radius 3 is 2.67 bits per heavy atom. The molecule has 6 nitrogen and oxygen atoms in total. The average Bonchev–Trinajstić information content (AvgIpc) is 3.30. The van der Waals surface area contributed by atoms with Gasteiger partial charge in [-0.3, -0.25) is 9.59 Å². The zero-order chi connectivity index (χ0) is 23.1. The number of Topliss-reactive ketones (excluding diaryl/α,β-unsaturated/α-hetero) is 1. The first kappa shape index (κ1) is 21.3. The highest BCUT2D eigenvalue weighted by Crippen LogP contribution is 2.39. The summed E-state index contributed by atoms with van der Waals surface area (Å²) in [6.07, 6.45) is 8.78. The van der Waals surface area contributed by atoms with Gasteiger partial charge in [-0.1, -0.05) is 19.3 Å². The third-order valence-electron chi connectivity index (χ3n) is 6.61. The summed E-state index contributed by atoms with van der Waals surface area (Å²) in [5, 5.41) is 0.968. The van der Waals surface area contributed by atoms with Gasteiger partial charge in [0.2, 0.25) is 5.78 Å². The fraction of sp³-hybridized carbons (Fsp3) is 0.333. The van der Waals surface area contributed by atoms with Gasteiger partial charge in [-0.05, 0) is 55.7 Å². The lowest BCUT2D eigenvalue weighted by atomic mass is 9.89. The van der Waals surface area contributed by atoms with Crippen molar-refractivity contribution in [1.82, 2.24) is 4.57 Å². The van der Waals surface area contributed by atoms with Crippen molar-refractivity contribution in [1.29, 1.82) is 0 Å². The van der Waals surface area contributed by atoms with Crippen LogP contribution in [0.4, 0.5) is 0 Å². The number of benzene rings is 2. The zero-order valence-electron chi connectivity index (χ0n) is 19.1. The lowest BCUT2D eigenvalue weighted by Crippen LogP contribution is -2.22. The summed E-state index contributed by atoms with van der Waals surface area (Å²) >= 11 is 0. The number of methoxy groups -OCH3 is 1. The number of aromatic nitrogens is 1. The van der Waals surface area contributed by atoms with E-state index in [1.807, 2.05) is 42.9 Å². The van der Waals surface area contributed by atoms with Crippen molar-refractivity contribution in [3.8, 4) is 17.2 Å². The third kappa shape index (κ3) is 3.90. The minimum atomic E-state index is -0.196. The lowest BCUT2D eigenvalue weighted by Gasteiger charge is -2.20. The molecule has 1 fully saturated rings. The molecule has 1 aliphatic heterocycles. The number of ketones is 1. The fourth-order valence-corrected chi connectivity index (χ4v) is 4.86. The summed E-state index contributed by atoms with van der Waals surface area (Å²) < 4.78 is 19.0. The summed E-state index contributed by atoms with van der Waals surface area (Å²) in [5.74, 6) is 1.43. The highest BCUT2D eigenvalue weighted by atomic mass is 16.5. The molecule has 1 aliphatic carbocycles. The number of nitrogens with zero attached hydrogens (tertiary/aromatic N) is 1. The van der Waals surface area contributed by atoms with Crippen LogP contribution in [0.15, 0.2) is 42.3 Å². The van der Waals surface area contributed by atoms with E-state index in [2.05, 4.69) is 0 Å². The second-order valence-electron chi connectivity index (χ2n) is 8.89. The zero-order valence-corrected chi connectivity index (χ0v) is 19.1. The molecule has 0 amide bonds. The maximum Gasteiger partial charge on any atom is 0.314 e. The number of fused-ring (bicyclic) bond motifs is 2. The molecule has 2 aromatic carbocycles. The number of ether oxygens (including phenoxy) is 3. The fourth-order valence-electron chi connectivity index (χ4n) is 4.86. The Balaban J connectivity index is 1.44. The van der Waals surface area contributed by atoms with Crippen LogP contribution in [0, 0.1) is 12.8 Å². The van der Waals surface area contributed by atoms with Gasteiger partial charge in [0.05, 0.1) is 18.6 Å². The van der Waals surface area contributed by atoms with Crippen LogP contribution in [0.25, 0.3) is 17.0 Å². The average molecular weight is 446 g/mol. The second kappa shape index (κ2) is 8.43. The van der Waals surface area contributed by atoms with E-state index in [9.17, 15) is 9.59 Å². The quantitative estimate of drug-likeness (QED) is 0.297. The molecule has 0 saturated heterocycles. The van der Waals surface area contributed by atoms with E-state index in [1.54, 1.807) is 25.3 Å². The first-order valence-electron chi connectivity index (χ1n) is 11.4. The molecule has 0 radical (unpaired) electrons. The molecule has 6 heteroatoms. The number of rotatable bonds is 4. The summed E-state index contributed by atoms with van der Waals surface area (Å²) in [5.41, 5.74) is 3.13. The number of carbonyl (C=O) groups excluding carboxylic acids is 2. The van der Waals surface area contributed by atoms with Gasteiger partial charge in [0.1, 0.15) is 17.2 Å². The Hall–Kier alpha value is -3.54. The van der Waals surface area contributed by atoms with Gasteiger partial charge < -0.3 is 18.8 Å². The molecule has 170 valence electrons. The van der Waals surface area contributed by atoms with E-state index in [0.29, 0.717) is 17.1 Å². The topological polar surface area (TPSA) is 66.8 Å². The Kier molecular flexibility index (Phi) is 5.44. The minimum absolute atomic E-state index is 0.0475. The minimum Gasteiger partial charge on any atom is -0.497 e. The van der Waals surface area contributed by atoms with Crippen molar-refractivity contribution in [3.63, 3.8) is 0 Å². The van der Waals surface area contributed by atoms with Crippen LogP contribution in [0.5, 0.6) is 17.2 Å². The molecular weight excluding hydrogens is 418 g/mol. The Morgan fingerprint density at radius 1 is 1.12 bits per heavy atom. The van der Waals surface area contributed by atoms with Crippen LogP contribution >= 0.6 is 0 Å². The highest BCUT2D eigenvalue weighted by Gasteiger charge is 2.31. The summed E-state index contributed by atoms with van der Waals surface area (Å²) in [6, 6.07) is 9.23. The van der Waals surface area contributed by atoms with Gasteiger partial charge in [-0.15, -0.1) is 0 Å². The molecule has 0 spiro atoms. The Labute approximate surface area is 192 Å². The maximum atomic E-state index is 13.1. The third-order valence-corrected chi connectivity index (χ3v) is 6.61. The first-order valence-corrected chi connectivity index (χ1v) is 11.4. The predicted molar refractivity (Wildman–Crippen MR) is 126 cm³/mol. The van der Waals surface area contributed by atoms with E-state index < -0.39 is 0 Å². The van der Waals surface area contributed by atoms with Gasteiger partial charge in [0, 0.05) is 35.8 Å². The largest absolute Gasteiger partial charge is 0.497 e. The number of hydrogen-bond acceptors (Lipinski definition) is 5. The molecule has 0 N–H and O–H groups in total. The molecule has 3 aromatic rings. The van der Waals surface area contributed by atoms with Crippen molar-refractivity contribution in [3.05, 3.63) is 59.0 Å². The van der Waals surface area contributed by atoms with E-state index in [-0.39, 0.29) is 23.4 Å². The molecular formula is C27H27NO5. The van der Waals surface area contributed by atoms with E-state index in [0.717, 1.165) is 53.5 Å². The van der Waals surface area contributed by atoms with Gasteiger partial charge in [-0.2, -0.15) is 0 Å². The molecule has 5 rings (SSSR count).